The minimum Gasteiger partial charge on any atom is -0.378 e. The molecule has 0 spiro atoms. The Hall–Kier alpha value is -1.07. The van der Waals surface area contributed by atoms with E-state index in [-0.39, 0.29) is 0 Å². The Morgan fingerprint density at radius 3 is 2.68 bits per heavy atom. The molecule has 2 aromatic heterocycles. The second-order valence-electron chi connectivity index (χ2n) is 5.19. The molecule has 1 aliphatic rings. The SMILES string of the molecule is CC(C)c1cn2cc(Br)cc(N3CCOCC3)c2n1. The molecule has 0 aliphatic carbocycles. The summed E-state index contributed by atoms with van der Waals surface area (Å²) in [6, 6.07) is 2.15. The lowest BCUT2D eigenvalue weighted by atomic mass is 10.2. The molecule has 0 amide bonds. The predicted molar refractivity (Wildman–Crippen MR) is 80.0 cm³/mol. The average molecular weight is 324 g/mol. The van der Waals surface area contributed by atoms with Crippen LogP contribution in [0.3, 0.4) is 0 Å². The highest BCUT2D eigenvalue weighted by Gasteiger charge is 2.17. The van der Waals surface area contributed by atoms with Crippen LogP contribution in [-0.2, 0) is 4.74 Å². The molecule has 4 nitrogen and oxygen atoms in total. The molecule has 1 aliphatic heterocycles. The number of ether oxygens (including phenoxy) is 1. The third-order valence-corrected chi connectivity index (χ3v) is 3.89. The van der Waals surface area contributed by atoms with Crippen molar-refractivity contribution in [2.24, 2.45) is 0 Å². The average Bonchev–Trinajstić information content (AvgIpc) is 2.82. The third-order valence-electron chi connectivity index (χ3n) is 3.46. The fraction of sp³-hybridized carbons (Fsp3) is 0.500. The van der Waals surface area contributed by atoms with Gasteiger partial charge in [0.2, 0.25) is 0 Å². The van der Waals surface area contributed by atoms with E-state index in [9.17, 15) is 0 Å². The van der Waals surface area contributed by atoms with E-state index in [1.807, 2.05) is 0 Å². The smallest absolute Gasteiger partial charge is 0.160 e. The largest absolute Gasteiger partial charge is 0.378 e. The van der Waals surface area contributed by atoms with Crippen molar-refractivity contribution in [3.8, 4) is 0 Å². The second-order valence-corrected chi connectivity index (χ2v) is 6.11. The molecule has 1 fully saturated rings. The molecular formula is C14H18BrN3O. The van der Waals surface area contributed by atoms with Crippen LogP contribution in [0.25, 0.3) is 5.65 Å². The Kier molecular flexibility index (Phi) is 3.50. The van der Waals surface area contributed by atoms with Crippen LogP contribution in [0.4, 0.5) is 5.69 Å². The Morgan fingerprint density at radius 2 is 2.00 bits per heavy atom. The van der Waals surface area contributed by atoms with Crippen molar-refractivity contribution in [1.29, 1.82) is 0 Å². The van der Waals surface area contributed by atoms with E-state index < -0.39 is 0 Å². The second kappa shape index (κ2) is 5.13. The van der Waals surface area contributed by atoms with Crippen LogP contribution in [-0.4, -0.2) is 35.7 Å². The number of pyridine rings is 1. The molecule has 102 valence electrons. The van der Waals surface area contributed by atoms with Gasteiger partial charge in [0.15, 0.2) is 5.65 Å². The minimum absolute atomic E-state index is 0.441. The third kappa shape index (κ3) is 2.49. The highest BCUT2D eigenvalue weighted by molar-refractivity contribution is 9.10. The maximum absolute atomic E-state index is 5.43. The summed E-state index contributed by atoms with van der Waals surface area (Å²) in [4.78, 5) is 7.14. The van der Waals surface area contributed by atoms with Crippen LogP contribution in [0.2, 0.25) is 0 Å². The first-order valence-corrected chi connectivity index (χ1v) is 7.45. The molecule has 2 aromatic rings. The fourth-order valence-corrected chi connectivity index (χ4v) is 2.82. The summed E-state index contributed by atoms with van der Waals surface area (Å²) in [5.74, 6) is 0.441. The molecule has 0 N–H and O–H groups in total. The summed E-state index contributed by atoms with van der Waals surface area (Å²) < 4.78 is 8.62. The Balaban J connectivity index is 2.10. The standard InChI is InChI=1S/C14H18BrN3O/c1-10(2)12-9-18-8-11(15)7-13(14(18)16-12)17-3-5-19-6-4-17/h7-10H,3-6H2,1-2H3. The van der Waals surface area contributed by atoms with Gasteiger partial charge in [0, 0.05) is 30.0 Å². The van der Waals surface area contributed by atoms with Gasteiger partial charge in [0.05, 0.1) is 24.6 Å². The molecule has 0 radical (unpaired) electrons. The molecule has 1 saturated heterocycles. The van der Waals surface area contributed by atoms with Gasteiger partial charge in [0.1, 0.15) is 0 Å². The maximum atomic E-state index is 5.43. The van der Waals surface area contributed by atoms with Crippen molar-refractivity contribution in [3.05, 3.63) is 28.6 Å². The first-order chi connectivity index (χ1) is 9.15. The van der Waals surface area contributed by atoms with E-state index in [1.54, 1.807) is 0 Å². The minimum atomic E-state index is 0.441. The Morgan fingerprint density at radius 1 is 1.26 bits per heavy atom. The van der Waals surface area contributed by atoms with Crippen LogP contribution in [0.15, 0.2) is 22.9 Å². The van der Waals surface area contributed by atoms with Crippen LogP contribution < -0.4 is 4.90 Å². The molecule has 0 unspecified atom stereocenters. The molecule has 3 rings (SSSR count). The van der Waals surface area contributed by atoms with E-state index in [0.29, 0.717) is 5.92 Å². The van der Waals surface area contributed by atoms with E-state index >= 15 is 0 Å². The number of imidazole rings is 1. The van der Waals surface area contributed by atoms with Gasteiger partial charge in [0.25, 0.3) is 0 Å². The number of nitrogens with zero attached hydrogens (tertiary/aromatic N) is 3. The van der Waals surface area contributed by atoms with E-state index in [1.165, 1.54) is 5.69 Å². The van der Waals surface area contributed by atoms with Gasteiger partial charge in [-0.25, -0.2) is 4.98 Å². The quantitative estimate of drug-likeness (QED) is 0.850. The molecule has 0 atom stereocenters. The highest BCUT2D eigenvalue weighted by Crippen LogP contribution is 2.28. The summed E-state index contributed by atoms with van der Waals surface area (Å²) in [5.41, 5.74) is 3.35. The van der Waals surface area contributed by atoms with Crippen LogP contribution in [0.5, 0.6) is 0 Å². The number of halogens is 1. The molecule has 0 bridgehead atoms. The maximum Gasteiger partial charge on any atom is 0.160 e. The van der Waals surface area contributed by atoms with Gasteiger partial charge >= 0.3 is 0 Å². The summed E-state index contributed by atoms with van der Waals surface area (Å²) in [7, 11) is 0. The van der Waals surface area contributed by atoms with Crippen molar-refractivity contribution in [2.45, 2.75) is 19.8 Å². The van der Waals surface area contributed by atoms with E-state index in [2.05, 4.69) is 57.5 Å². The number of anilines is 1. The number of aromatic nitrogens is 2. The van der Waals surface area contributed by atoms with E-state index in [0.717, 1.165) is 42.1 Å². The molecule has 0 aromatic carbocycles. The molecule has 5 heteroatoms. The van der Waals surface area contributed by atoms with Gasteiger partial charge in [-0.1, -0.05) is 13.8 Å². The number of rotatable bonds is 2. The van der Waals surface area contributed by atoms with Gasteiger partial charge in [-0.15, -0.1) is 0 Å². The van der Waals surface area contributed by atoms with Crippen LogP contribution in [0.1, 0.15) is 25.5 Å². The zero-order chi connectivity index (χ0) is 13.4. The van der Waals surface area contributed by atoms with Crippen LogP contribution in [0, 0.1) is 0 Å². The summed E-state index contributed by atoms with van der Waals surface area (Å²) in [5, 5.41) is 0. The molecule has 19 heavy (non-hydrogen) atoms. The number of hydrogen-bond donors (Lipinski definition) is 0. The first kappa shape index (κ1) is 12.9. The van der Waals surface area contributed by atoms with Gasteiger partial charge < -0.3 is 14.0 Å². The lowest BCUT2D eigenvalue weighted by Crippen LogP contribution is -2.36. The van der Waals surface area contributed by atoms with Crippen molar-refractivity contribution in [1.82, 2.24) is 9.38 Å². The first-order valence-electron chi connectivity index (χ1n) is 6.66. The summed E-state index contributed by atoms with van der Waals surface area (Å²) in [6.07, 6.45) is 4.19. The molecule has 3 heterocycles. The van der Waals surface area contributed by atoms with Crippen molar-refractivity contribution in [2.75, 3.05) is 31.2 Å². The number of fused-ring (bicyclic) bond motifs is 1. The fourth-order valence-electron chi connectivity index (χ4n) is 2.38. The van der Waals surface area contributed by atoms with Crippen LogP contribution >= 0.6 is 15.9 Å². The van der Waals surface area contributed by atoms with E-state index in [4.69, 9.17) is 9.72 Å². The molecule has 0 saturated carbocycles. The Labute approximate surface area is 121 Å². The van der Waals surface area contributed by atoms with Crippen molar-refractivity contribution < 1.29 is 4.74 Å². The van der Waals surface area contributed by atoms with Crippen molar-refractivity contribution in [3.63, 3.8) is 0 Å². The zero-order valence-electron chi connectivity index (χ0n) is 11.3. The zero-order valence-corrected chi connectivity index (χ0v) is 12.9. The normalized spacial score (nSPS) is 16.5. The monoisotopic (exact) mass is 323 g/mol. The molecular weight excluding hydrogens is 306 g/mol. The van der Waals surface area contributed by atoms with Gasteiger partial charge in [-0.05, 0) is 27.9 Å². The summed E-state index contributed by atoms with van der Waals surface area (Å²) in [6.45, 7) is 7.77. The predicted octanol–water partition coefficient (Wildman–Crippen LogP) is 3.06. The number of morpholine rings is 1. The van der Waals surface area contributed by atoms with Gasteiger partial charge in [-0.3, -0.25) is 0 Å². The lowest BCUT2D eigenvalue weighted by Gasteiger charge is -2.29. The van der Waals surface area contributed by atoms with Gasteiger partial charge in [-0.2, -0.15) is 0 Å². The summed E-state index contributed by atoms with van der Waals surface area (Å²) >= 11 is 3.59. The highest BCUT2D eigenvalue weighted by atomic mass is 79.9. The Bertz CT molecular complexity index is 588. The topological polar surface area (TPSA) is 29.8 Å². The van der Waals surface area contributed by atoms with Crippen molar-refractivity contribution >= 4 is 27.3 Å². The lowest BCUT2D eigenvalue weighted by molar-refractivity contribution is 0.123. The number of hydrogen-bond acceptors (Lipinski definition) is 3.